The molecule has 1 aromatic heterocycles. The molecule has 1 amide bonds. The molecule has 17 heteroatoms. The highest BCUT2D eigenvalue weighted by atomic mass is 32.2. The van der Waals surface area contributed by atoms with Crippen LogP contribution in [0.5, 0.6) is 17.5 Å². The first-order chi connectivity index (χ1) is 18.0. The fraction of sp³-hybridized carbons (Fsp3) is 0.409. The van der Waals surface area contributed by atoms with Gasteiger partial charge in [0.1, 0.15) is 5.75 Å². The predicted octanol–water partition coefficient (Wildman–Crippen LogP) is 0.693. The number of benzene rings is 1. The van der Waals surface area contributed by atoms with E-state index in [1.54, 1.807) is 6.07 Å². The van der Waals surface area contributed by atoms with Crippen LogP contribution in [0.1, 0.15) is 22.3 Å². The summed E-state index contributed by atoms with van der Waals surface area (Å²) in [7, 11) is 2.44. The zero-order chi connectivity index (χ0) is 29.7. The second kappa shape index (κ2) is 12.4. The summed E-state index contributed by atoms with van der Waals surface area (Å²) < 4.78 is 35.0. The molecule has 1 atom stereocenters. The first-order valence-corrected chi connectivity index (χ1v) is 12.9. The molecule has 1 unspecified atom stereocenters. The smallest absolute Gasteiger partial charge is 0.392 e. The number of amides is 1. The van der Waals surface area contributed by atoms with Crippen molar-refractivity contribution < 1.29 is 47.4 Å². The Kier molecular flexibility index (Phi) is 9.84. The predicted molar refractivity (Wildman–Crippen MR) is 133 cm³/mol. The summed E-state index contributed by atoms with van der Waals surface area (Å²) in [5.41, 5.74) is -0.385. The maximum atomic E-state index is 12.7. The lowest BCUT2D eigenvalue weighted by Gasteiger charge is -2.16. The fourth-order valence-electron chi connectivity index (χ4n) is 3.05. The standard InChI is InChI=1S/C22H27N5O11S/c1-25(2)7-6-12-8-13(20(30)26(3)4)10-14(9-12)37-18-17(27(33)34)19(24-22(23-18)39(5,35)36)38-15(21(31)32)11-16(28)29/h8-10,15H,6-7,11H2,1-5H3,(H,28,29)(H,31,32). The lowest BCUT2D eigenvalue weighted by molar-refractivity contribution is -0.387. The Hall–Kier alpha value is -4.38. The molecule has 0 fully saturated rings. The number of rotatable bonds is 13. The number of nitrogens with zero attached hydrogens (tertiary/aromatic N) is 5. The summed E-state index contributed by atoms with van der Waals surface area (Å²) in [6, 6.07) is 4.33. The average molecular weight is 570 g/mol. The van der Waals surface area contributed by atoms with Gasteiger partial charge in [-0.2, -0.15) is 9.97 Å². The van der Waals surface area contributed by atoms with Crippen LogP contribution in [-0.2, 0) is 25.8 Å². The topological polar surface area (TPSA) is 220 Å². The van der Waals surface area contributed by atoms with Gasteiger partial charge in [-0.3, -0.25) is 19.7 Å². The van der Waals surface area contributed by atoms with Gasteiger partial charge in [0.2, 0.25) is 15.9 Å². The summed E-state index contributed by atoms with van der Waals surface area (Å²) in [6.07, 6.45) is -2.15. The number of carbonyl (C=O) groups is 3. The largest absolute Gasteiger partial charge is 0.481 e. The number of sulfone groups is 1. The van der Waals surface area contributed by atoms with E-state index in [1.165, 1.54) is 31.1 Å². The number of ether oxygens (including phenoxy) is 2. The van der Waals surface area contributed by atoms with Gasteiger partial charge >= 0.3 is 29.4 Å². The van der Waals surface area contributed by atoms with Crippen molar-refractivity contribution in [3.8, 4) is 17.5 Å². The molecule has 0 radical (unpaired) electrons. The van der Waals surface area contributed by atoms with Gasteiger partial charge in [-0.15, -0.1) is 0 Å². The van der Waals surface area contributed by atoms with Crippen LogP contribution < -0.4 is 9.47 Å². The molecule has 2 rings (SSSR count). The Balaban J connectivity index is 2.75. The van der Waals surface area contributed by atoms with Crippen molar-refractivity contribution >= 4 is 33.4 Å². The lowest BCUT2D eigenvalue weighted by atomic mass is 10.1. The molecule has 0 bridgehead atoms. The molecule has 0 spiro atoms. The fourth-order valence-corrected chi connectivity index (χ4v) is 3.55. The van der Waals surface area contributed by atoms with Crippen molar-refractivity contribution in [3.63, 3.8) is 0 Å². The number of carbonyl (C=O) groups excluding carboxylic acids is 1. The molecule has 1 aromatic carbocycles. The molecule has 2 N–H and O–H groups in total. The lowest BCUT2D eigenvalue weighted by Crippen LogP contribution is -2.30. The number of nitro groups is 1. The van der Waals surface area contributed by atoms with Crippen molar-refractivity contribution in [2.24, 2.45) is 0 Å². The van der Waals surface area contributed by atoms with Crippen molar-refractivity contribution in [1.82, 2.24) is 19.8 Å². The van der Waals surface area contributed by atoms with E-state index >= 15 is 0 Å². The quantitative estimate of drug-likeness (QED) is 0.193. The molecular weight excluding hydrogens is 542 g/mol. The number of likely N-dealkylation sites (N-methyl/N-ethyl adjacent to an activating group) is 1. The van der Waals surface area contributed by atoms with Crippen LogP contribution in [0.4, 0.5) is 5.69 Å². The van der Waals surface area contributed by atoms with Crippen molar-refractivity contribution in [2.75, 3.05) is 41.0 Å². The summed E-state index contributed by atoms with van der Waals surface area (Å²) in [6.45, 7) is 0.572. The molecule has 0 saturated carbocycles. The highest BCUT2D eigenvalue weighted by Crippen LogP contribution is 2.38. The molecule has 212 valence electrons. The van der Waals surface area contributed by atoms with Crippen LogP contribution in [-0.4, -0.2) is 108 Å². The van der Waals surface area contributed by atoms with E-state index in [4.69, 9.17) is 14.6 Å². The van der Waals surface area contributed by atoms with Gasteiger partial charge in [0.15, 0.2) is 0 Å². The molecule has 0 aliphatic carbocycles. The van der Waals surface area contributed by atoms with E-state index in [0.717, 1.165) is 0 Å². The molecule has 0 aliphatic heterocycles. The first-order valence-electron chi connectivity index (χ1n) is 11.1. The highest BCUT2D eigenvalue weighted by molar-refractivity contribution is 7.90. The third-order valence-electron chi connectivity index (χ3n) is 4.88. The maximum absolute atomic E-state index is 12.7. The summed E-state index contributed by atoms with van der Waals surface area (Å²) in [5, 5.41) is 29.2. The number of carboxylic acids is 2. The Morgan fingerprint density at radius 1 is 1.08 bits per heavy atom. The Labute approximate surface area is 222 Å². The molecule has 1 heterocycles. The zero-order valence-electron chi connectivity index (χ0n) is 21.6. The van der Waals surface area contributed by atoms with Gasteiger partial charge in [-0.1, -0.05) is 0 Å². The Morgan fingerprint density at radius 2 is 1.69 bits per heavy atom. The van der Waals surface area contributed by atoms with E-state index in [0.29, 0.717) is 24.8 Å². The van der Waals surface area contributed by atoms with Gasteiger partial charge in [0, 0.05) is 32.5 Å². The molecule has 2 aromatic rings. The van der Waals surface area contributed by atoms with E-state index in [-0.39, 0.29) is 11.3 Å². The molecular formula is C22H27N5O11S. The third kappa shape index (κ3) is 8.57. The van der Waals surface area contributed by atoms with Crippen molar-refractivity contribution in [2.45, 2.75) is 24.1 Å². The molecule has 39 heavy (non-hydrogen) atoms. The Bertz CT molecular complexity index is 1390. The molecule has 16 nitrogen and oxygen atoms in total. The molecule has 0 saturated heterocycles. The number of hydrogen-bond acceptors (Lipinski definition) is 12. The summed E-state index contributed by atoms with van der Waals surface area (Å²) in [4.78, 5) is 56.3. The number of aliphatic carboxylic acids is 2. The van der Waals surface area contributed by atoms with Gasteiger partial charge in [-0.05, 0) is 44.3 Å². The van der Waals surface area contributed by atoms with Crippen molar-refractivity contribution in [1.29, 1.82) is 0 Å². The van der Waals surface area contributed by atoms with E-state index in [9.17, 15) is 38.0 Å². The van der Waals surface area contributed by atoms with Crippen LogP contribution >= 0.6 is 0 Å². The van der Waals surface area contributed by atoms with E-state index in [1.807, 2.05) is 19.0 Å². The normalized spacial score (nSPS) is 12.1. The maximum Gasteiger partial charge on any atom is 0.392 e. The summed E-state index contributed by atoms with van der Waals surface area (Å²) >= 11 is 0. The van der Waals surface area contributed by atoms with E-state index < -0.39 is 67.7 Å². The SMILES string of the molecule is CN(C)CCc1cc(Oc2nc(S(C)(=O)=O)nc(OC(CC(=O)O)C(=O)O)c2[N+](=O)[O-])cc(C(=O)N(C)C)c1. The van der Waals surface area contributed by atoms with Gasteiger partial charge in [-0.25, -0.2) is 13.2 Å². The minimum atomic E-state index is -4.26. The highest BCUT2D eigenvalue weighted by Gasteiger charge is 2.35. The van der Waals surface area contributed by atoms with Crippen LogP contribution in [0.25, 0.3) is 0 Å². The molecule has 0 aliphatic rings. The zero-order valence-corrected chi connectivity index (χ0v) is 22.5. The number of carboxylic acid groups (broad SMARTS) is 2. The minimum Gasteiger partial charge on any atom is -0.481 e. The van der Waals surface area contributed by atoms with Crippen LogP contribution in [0.3, 0.4) is 0 Å². The van der Waals surface area contributed by atoms with Crippen LogP contribution in [0.2, 0.25) is 0 Å². The number of aromatic nitrogens is 2. The van der Waals surface area contributed by atoms with Gasteiger partial charge in [0.05, 0.1) is 11.3 Å². The summed E-state index contributed by atoms with van der Waals surface area (Å²) in [5.74, 6) is -6.00. The number of hydrogen-bond donors (Lipinski definition) is 2. The minimum absolute atomic E-state index is 0.121. The second-order valence-electron chi connectivity index (χ2n) is 8.76. The third-order valence-corrected chi connectivity index (χ3v) is 5.73. The van der Waals surface area contributed by atoms with Gasteiger partial charge < -0.3 is 29.5 Å². The van der Waals surface area contributed by atoms with Gasteiger partial charge in [0.25, 0.3) is 11.1 Å². The Morgan fingerprint density at radius 3 is 2.18 bits per heavy atom. The second-order valence-corrected chi connectivity index (χ2v) is 10.7. The van der Waals surface area contributed by atoms with Crippen LogP contribution in [0.15, 0.2) is 23.4 Å². The van der Waals surface area contributed by atoms with E-state index in [2.05, 4.69) is 9.97 Å². The average Bonchev–Trinajstić information content (AvgIpc) is 2.80. The van der Waals surface area contributed by atoms with Crippen molar-refractivity contribution in [3.05, 3.63) is 39.4 Å². The first kappa shape index (κ1) is 30.8. The monoisotopic (exact) mass is 569 g/mol. The van der Waals surface area contributed by atoms with Crippen LogP contribution in [0, 0.1) is 10.1 Å².